The smallest absolute Gasteiger partial charge is 0.249 e. The van der Waals surface area contributed by atoms with Crippen LogP contribution in [0, 0.1) is 0 Å². The van der Waals surface area contributed by atoms with Crippen molar-refractivity contribution in [3.63, 3.8) is 0 Å². The van der Waals surface area contributed by atoms with Gasteiger partial charge in [0.25, 0.3) is 0 Å². The average Bonchev–Trinajstić information content (AvgIpc) is 2.21. The van der Waals surface area contributed by atoms with Crippen LogP contribution in [0.2, 0.25) is 0 Å². The molecule has 0 fully saturated rings. The molecule has 0 saturated heterocycles. The number of amides is 1. The Labute approximate surface area is 110 Å². The van der Waals surface area contributed by atoms with Gasteiger partial charge in [-0.05, 0) is 33.6 Å². The normalized spacial score (nSPS) is 15.2. The first-order chi connectivity index (χ1) is 8.28. The lowest BCUT2D eigenvalue weighted by atomic mass is 10.2. The highest BCUT2D eigenvalue weighted by Crippen LogP contribution is 2.08. The van der Waals surface area contributed by atoms with E-state index >= 15 is 0 Å². The quantitative estimate of drug-likeness (QED) is 0.654. The van der Waals surface area contributed by atoms with Crippen LogP contribution in [-0.4, -0.2) is 35.7 Å². The van der Waals surface area contributed by atoms with Gasteiger partial charge in [0.05, 0.1) is 11.7 Å². The first-order valence-corrected chi connectivity index (χ1v) is 6.55. The van der Waals surface area contributed by atoms with Gasteiger partial charge in [-0.3, -0.25) is 4.79 Å². The van der Waals surface area contributed by atoms with Gasteiger partial charge < -0.3 is 19.9 Å². The average molecular weight is 261 g/mol. The topological polar surface area (TPSA) is 67.8 Å². The standard InChI is InChI=1S/C13H27NO4/c1-6-8-10(7-2)17-9-11(15)14-12(16)18-13(3,4)5/h10,12,16H,6-9H2,1-5H3,(H,14,15). The summed E-state index contributed by atoms with van der Waals surface area (Å²) in [6, 6.07) is 0. The third-order valence-electron chi connectivity index (χ3n) is 2.27. The van der Waals surface area contributed by atoms with Crippen molar-refractivity contribution in [3.8, 4) is 0 Å². The van der Waals surface area contributed by atoms with E-state index in [1.807, 2.05) is 6.92 Å². The number of ether oxygens (including phenoxy) is 2. The Morgan fingerprint density at radius 1 is 1.33 bits per heavy atom. The minimum atomic E-state index is -1.30. The highest BCUT2D eigenvalue weighted by Gasteiger charge is 2.18. The van der Waals surface area contributed by atoms with Crippen molar-refractivity contribution in [2.45, 2.75) is 72.0 Å². The fraction of sp³-hybridized carbons (Fsp3) is 0.923. The van der Waals surface area contributed by atoms with Gasteiger partial charge in [-0.1, -0.05) is 20.3 Å². The fourth-order valence-electron chi connectivity index (χ4n) is 1.46. The van der Waals surface area contributed by atoms with Crippen molar-refractivity contribution in [3.05, 3.63) is 0 Å². The van der Waals surface area contributed by atoms with Crippen LogP contribution in [0.15, 0.2) is 0 Å². The van der Waals surface area contributed by atoms with Gasteiger partial charge in [0.2, 0.25) is 12.3 Å². The highest BCUT2D eigenvalue weighted by atomic mass is 16.6. The molecule has 108 valence electrons. The summed E-state index contributed by atoms with van der Waals surface area (Å²) in [7, 11) is 0. The summed E-state index contributed by atoms with van der Waals surface area (Å²) in [4.78, 5) is 11.5. The minimum absolute atomic E-state index is 0.0525. The lowest BCUT2D eigenvalue weighted by Gasteiger charge is -2.24. The van der Waals surface area contributed by atoms with Crippen LogP contribution in [0.3, 0.4) is 0 Å². The zero-order valence-corrected chi connectivity index (χ0v) is 12.2. The second-order valence-corrected chi connectivity index (χ2v) is 5.28. The predicted molar refractivity (Wildman–Crippen MR) is 69.9 cm³/mol. The Morgan fingerprint density at radius 2 is 1.94 bits per heavy atom. The van der Waals surface area contributed by atoms with E-state index in [0.29, 0.717) is 0 Å². The molecule has 1 amide bonds. The van der Waals surface area contributed by atoms with Crippen LogP contribution in [0.25, 0.3) is 0 Å². The van der Waals surface area contributed by atoms with Gasteiger partial charge >= 0.3 is 0 Å². The Balaban J connectivity index is 3.89. The van der Waals surface area contributed by atoms with Gasteiger partial charge in [-0.25, -0.2) is 0 Å². The maximum absolute atomic E-state index is 11.5. The molecule has 0 radical (unpaired) electrons. The van der Waals surface area contributed by atoms with Crippen molar-refractivity contribution in [2.75, 3.05) is 6.61 Å². The molecule has 0 aromatic rings. The van der Waals surface area contributed by atoms with Gasteiger partial charge in [0.1, 0.15) is 6.61 Å². The number of rotatable bonds is 8. The highest BCUT2D eigenvalue weighted by molar-refractivity contribution is 5.77. The number of nitrogens with one attached hydrogen (secondary N) is 1. The molecular weight excluding hydrogens is 234 g/mol. The van der Waals surface area contributed by atoms with E-state index in [-0.39, 0.29) is 18.6 Å². The van der Waals surface area contributed by atoms with Crippen molar-refractivity contribution in [1.82, 2.24) is 5.32 Å². The number of aliphatic hydroxyl groups excluding tert-OH is 1. The Hall–Kier alpha value is -0.650. The molecule has 5 heteroatoms. The number of hydrogen-bond acceptors (Lipinski definition) is 4. The Bertz CT molecular complexity index is 238. The Morgan fingerprint density at radius 3 is 2.39 bits per heavy atom. The molecule has 5 nitrogen and oxygen atoms in total. The molecule has 0 spiro atoms. The molecule has 2 N–H and O–H groups in total. The van der Waals surface area contributed by atoms with E-state index in [9.17, 15) is 9.90 Å². The lowest BCUT2D eigenvalue weighted by molar-refractivity contribution is -0.187. The molecule has 0 aromatic heterocycles. The van der Waals surface area contributed by atoms with E-state index in [1.165, 1.54) is 0 Å². The van der Waals surface area contributed by atoms with Crippen LogP contribution in [0.1, 0.15) is 53.9 Å². The summed E-state index contributed by atoms with van der Waals surface area (Å²) >= 11 is 0. The van der Waals surface area contributed by atoms with Gasteiger partial charge in [0, 0.05) is 0 Å². The Kier molecular flexibility index (Phi) is 8.15. The second-order valence-electron chi connectivity index (χ2n) is 5.28. The van der Waals surface area contributed by atoms with E-state index in [2.05, 4.69) is 12.2 Å². The van der Waals surface area contributed by atoms with Crippen LogP contribution in [0.4, 0.5) is 0 Å². The maximum Gasteiger partial charge on any atom is 0.249 e. The summed E-state index contributed by atoms with van der Waals surface area (Å²) in [6.45, 7) is 9.44. The fourth-order valence-corrected chi connectivity index (χ4v) is 1.46. The molecule has 0 heterocycles. The van der Waals surface area contributed by atoms with Crippen molar-refractivity contribution < 1.29 is 19.4 Å². The van der Waals surface area contributed by atoms with Crippen LogP contribution in [-0.2, 0) is 14.3 Å². The first-order valence-electron chi connectivity index (χ1n) is 6.55. The molecule has 0 rings (SSSR count). The largest absolute Gasteiger partial charge is 0.368 e. The van der Waals surface area contributed by atoms with Gasteiger partial charge in [-0.2, -0.15) is 0 Å². The summed E-state index contributed by atoms with van der Waals surface area (Å²) in [5.41, 5.74) is -0.512. The molecule has 0 bridgehead atoms. The first kappa shape index (κ1) is 17.4. The predicted octanol–water partition coefficient (Wildman–Crippen LogP) is 1.79. The van der Waals surface area contributed by atoms with E-state index < -0.39 is 12.0 Å². The minimum Gasteiger partial charge on any atom is -0.368 e. The summed E-state index contributed by atoms with van der Waals surface area (Å²) < 4.78 is 10.6. The third-order valence-corrected chi connectivity index (χ3v) is 2.27. The second kappa shape index (κ2) is 8.45. The molecule has 0 aliphatic carbocycles. The van der Waals surface area contributed by atoms with E-state index in [4.69, 9.17) is 9.47 Å². The SMILES string of the molecule is CCCC(CC)OCC(=O)NC(O)OC(C)(C)C. The monoisotopic (exact) mass is 261 g/mol. The van der Waals surface area contributed by atoms with Crippen molar-refractivity contribution in [2.24, 2.45) is 0 Å². The van der Waals surface area contributed by atoms with Crippen LogP contribution in [0.5, 0.6) is 0 Å². The van der Waals surface area contributed by atoms with E-state index in [1.54, 1.807) is 20.8 Å². The lowest BCUT2D eigenvalue weighted by Crippen LogP contribution is -2.43. The maximum atomic E-state index is 11.5. The molecule has 2 atom stereocenters. The molecule has 0 saturated carbocycles. The van der Waals surface area contributed by atoms with Crippen LogP contribution >= 0.6 is 0 Å². The van der Waals surface area contributed by atoms with Gasteiger partial charge in [0.15, 0.2) is 0 Å². The molecule has 2 unspecified atom stereocenters. The molecule has 0 aromatic carbocycles. The van der Waals surface area contributed by atoms with Crippen molar-refractivity contribution in [1.29, 1.82) is 0 Å². The summed E-state index contributed by atoms with van der Waals surface area (Å²) in [5.74, 6) is -0.374. The molecular formula is C13H27NO4. The number of carbonyl (C=O) groups excluding carboxylic acids is 1. The van der Waals surface area contributed by atoms with Crippen LogP contribution < -0.4 is 5.32 Å². The molecule has 0 aliphatic rings. The van der Waals surface area contributed by atoms with E-state index in [0.717, 1.165) is 19.3 Å². The number of aliphatic hydroxyl groups is 1. The summed E-state index contributed by atoms with van der Waals surface area (Å²) in [5, 5.41) is 11.8. The zero-order valence-electron chi connectivity index (χ0n) is 12.2. The van der Waals surface area contributed by atoms with Crippen molar-refractivity contribution >= 4 is 5.91 Å². The third kappa shape index (κ3) is 9.39. The number of carbonyl (C=O) groups is 1. The number of hydrogen-bond donors (Lipinski definition) is 2. The molecule has 18 heavy (non-hydrogen) atoms. The summed E-state index contributed by atoms with van der Waals surface area (Å²) in [6.07, 6.45) is 1.64. The van der Waals surface area contributed by atoms with Gasteiger partial charge in [-0.15, -0.1) is 0 Å². The zero-order chi connectivity index (χ0) is 14.2. The molecule has 0 aliphatic heterocycles.